The lowest BCUT2D eigenvalue weighted by Gasteiger charge is -2.41. The van der Waals surface area contributed by atoms with E-state index in [0.717, 1.165) is 29.8 Å². The molecule has 1 aliphatic rings. The molecule has 1 saturated heterocycles. The van der Waals surface area contributed by atoms with Gasteiger partial charge in [-0.25, -0.2) is 0 Å². The topological polar surface area (TPSA) is 91.9 Å². The highest BCUT2D eigenvalue weighted by molar-refractivity contribution is 5.70. The van der Waals surface area contributed by atoms with Gasteiger partial charge in [-0.15, -0.1) is 0 Å². The van der Waals surface area contributed by atoms with Crippen molar-refractivity contribution < 1.29 is 41.0 Å². The Morgan fingerprint density at radius 3 is 1.98 bits per heavy atom. The summed E-state index contributed by atoms with van der Waals surface area (Å²) in [4.78, 5) is 21.0. The SMILES string of the molecule is NCCOC(=O)C[C@H]1CN(Cc2ccncc2)CCN1Cc1ccc(-c2ccc(C(O)(C(F)(F)F)C(F)(F)F)cc2)cc1. The van der Waals surface area contributed by atoms with Gasteiger partial charge in [-0.05, 0) is 34.4 Å². The molecule has 232 valence electrons. The second-order valence-corrected chi connectivity index (χ2v) is 10.4. The monoisotopic (exact) mass is 610 g/mol. The Bertz CT molecular complexity index is 1320. The molecule has 1 atom stereocenters. The van der Waals surface area contributed by atoms with Gasteiger partial charge in [0, 0.05) is 63.3 Å². The van der Waals surface area contributed by atoms with Crippen LogP contribution in [-0.4, -0.2) is 77.0 Å². The number of rotatable bonds is 10. The summed E-state index contributed by atoms with van der Waals surface area (Å²) in [6.45, 7) is 3.68. The van der Waals surface area contributed by atoms with Crippen LogP contribution in [0, 0.1) is 0 Å². The number of nitrogens with two attached hydrogens (primary N) is 1. The smallest absolute Gasteiger partial charge is 0.430 e. The lowest BCUT2D eigenvalue weighted by molar-refractivity contribution is -0.376. The third kappa shape index (κ3) is 7.71. The second kappa shape index (κ2) is 13.4. The first-order valence-electron chi connectivity index (χ1n) is 13.6. The lowest BCUT2D eigenvalue weighted by Crippen LogP contribution is -2.53. The number of nitrogens with zero attached hydrogens (tertiary/aromatic N) is 3. The van der Waals surface area contributed by atoms with Crippen molar-refractivity contribution in [2.75, 3.05) is 32.8 Å². The standard InChI is InChI=1S/C30H32F6N4O3/c31-29(32,33)28(42,30(34,35)36)25-7-5-24(6-8-25)23-3-1-21(2-4-23)19-40-15-14-39(18-22-9-12-38-13-10-22)20-26(40)17-27(41)43-16-11-37/h1-10,12-13,26,42H,11,14-20,37H2/t26-/m0/s1. The molecule has 0 unspecified atom stereocenters. The summed E-state index contributed by atoms with van der Waals surface area (Å²) in [5.74, 6) is -0.340. The van der Waals surface area contributed by atoms with E-state index in [9.17, 15) is 36.2 Å². The number of piperazine rings is 1. The number of carbonyl (C=O) groups excluding carboxylic acids is 1. The molecule has 0 amide bonds. The molecule has 0 saturated carbocycles. The number of carbonyl (C=O) groups is 1. The number of pyridine rings is 1. The minimum absolute atomic E-state index is 0.130. The molecule has 1 aliphatic heterocycles. The van der Waals surface area contributed by atoms with E-state index in [0.29, 0.717) is 49.4 Å². The van der Waals surface area contributed by atoms with Crippen molar-refractivity contribution in [1.29, 1.82) is 0 Å². The zero-order valence-corrected chi connectivity index (χ0v) is 23.1. The Labute approximate surface area is 244 Å². The Morgan fingerprint density at radius 1 is 0.860 bits per heavy atom. The van der Waals surface area contributed by atoms with Crippen LogP contribution in [0.5, 0.6) is 0 Å². The number of hydrogen-bond acceptors (Lipinski definition) is 7. The van der Waals surface area contributed by atoms with Gasteiger partial charge in [-0.3, -0.25) is 19.6 Å². The number of aromatic nitrogens is 1. The summed E-state index contributed by atoms with van der Waals surface area (Å²) in [6, 6.07) is 14.3. The molecule has 0 aliphatic carbocycles. The van der Waals surface area contributed by atoms with Crippen LogP contribution in [0.15, 0.2) is 73.1 Å². The molecule has 1 aromatic heterocycles. The van der Waals surface area contributed by atoms with Gasteiger partial charge >= 0.3 is 18.3 Å². The number of aliphatic hydroxyl groups is 1. The van der Waals surface area contributed by atoms with E-state index in [-0.39, 0.29) is 31.6 Å². The summed E-state index contributed by atoms with van der Waals surface area (Å²) < 4.78 is 84.5. The third-order valence-electron chi connectivity index (χ3n) is 7.42. The van der Waals surface area contributed by atoms with E-state index < -0.39 is 23.5 Å². The van der Waals surface area contributed by atoms with Crippen LogP contribution in [0.25, 0.3) is 11.1 Å². The summed E-state index contributed by atoms with van der Waals surface area (Å²) >= 11 is 0. The molecule has 0 spiro atoms. The van der Waals surface area contributed by atoms with Gasteiger partial charge in [0.05, 0.1) is 6.42 Å². The predicted octanol–water partition coefficient (Wildman–Crippen LogP) is 4.64. The fraction of sp³-hybridized carbons (Fsp3) is 0.400. The maximum atomic E-state index is 13.2. The van der Waals surface area contributed by atoms with Crippen molar-refractivity contribution in [2.45, 2.75) is 43.5 Å². The second-order valence-electron chi connectivity index (χ2n) is 10.4. The number of hydrogen-bond donors (Lipinski definition) is 2. The van der Waals surface area contributed by atoms with Gasteiger partial charge in [0.25, 0.3) is 5.60 Å². The summed E-state index contributed by atoms with van der Waals surface area (Å²) in [5.41, 5.74) is 2.14. The highest BCUT2D eigenvalue weighted by Crippen LogP contribution is 2.50. The van der Waals surface area contributed by atoms with Crippen LogP contribution in [0.2, 0.25) is 0 Å². The Hall–Kier alpha value is -3.52. The number of halogens is 6. The molecule has 4 rings (SSSR count). The molecule has 3 aromatic rings. The molecule has 2 aromatic carbocycles. The molecular weight excluding hydrogens is 578 g/mol. The molecule has 2 heterocycles. The van der Waals surface area contributed by atoms with Crippen molar-refractivity contribution >= 4 is 5.97 Å². The average molecular weight is 611 g/mol. The van der Waals surface area contributed by atoms with Crippen LogP contribution in [-0.2, 0) is 28.2 Å². The largest absolute Gasteiger partial charge is 0.464 e. The van der Waals surface area contributed by atoms with Gasteiger partial charge in [0.1, 0.15) is 6.61 Å². The maximum absolute atomic E-state index is 13.2. The molecule has 3 N–H and O–H groups in total. The van der Waals surface area contributed by atoms with E-state index in [1.165, 1.54) is 0 Å². The van der Waals surface area contributed by atoms with Gasteiger partial charge in [-0.1, -0.05) is 48.5 Å². The zero-order valence-electron chi connectivity index (χ0n) is 23.1. The third-order valence-corrected chi connectivity index (χ3v) is 7.42. The lowest BCUT2D eigenvalue weighted by atomic mass is 9.90. The first kappa shape index (κ1) is 32.4. The van der Waals surface area contributed by atoms with Crippen molar-refractivity contribution in [3.8, 4) is 11.1 Å². The van der Waals surface area contributed by atoms with Crippen LogP contribution in [0.1, 0.15) is 23.1 Å². The first-order valence-corrected chi connectivity index (χ1v) is 13.6. The van der Waals surface area contributed by atoms with Crippen LogP contribution >= 0.6 is 0 Å². The van der Waals surface area contributed by atoms with E-state index in [4.69, 9.17) is 10.5 Å². The van der Waals surface area contributed by atoms with Crippen LogP contribution < -0.4 is 5.73 Å². The Kier molecular flexibility index (Phi) is 10.1. The van der Waals surface area contributed by atoms with Crippen molar-refractivity contribution in [3.05, 3.63) is 89.7 Å². The Balaban J connectivity index is 1.46. The molecular formula is C30H32F6N4O3. The van der Waals surface area contributed by atoms with Gasteiger partial charge in [-0.2, -0.15) is 26.3 Å². The zero-order chi connectivity index (χ0) is 31.3. The summed E-state index contributed by atoms with van der Waals surface area (Å²) in [7, 11) is 0. The summed E-state index contributed by atoms with van der Waals surface area (Å²) in [6.07, 6.45) is -8.25. The minimum atomic E-state index is -5.95. The highest BCUT2D eigenvalue weighted by Gasteiger charge is 2.71. The molecule has 13 heteroatoms. The molecule has 1 fully saturated rings. The van der Waals surface area contributed by atoms with E-state index in [2.05, 4.69) is 14.8 Å². The van der Waals surface area contributed by atoms with Gasteiger partial charge in [0.15, 0.2) is 0 Å². The molecule has 0 bridgehead atoms. The van der Waals surface area contributed by atoms with Crippen molar-refractivity contribution in [2.24, 2.45) is 5.73 Å². The number of benzene rings is 2. The number of alkyl halides is 6. The van der Waals surface area contributed by atoms with Crippen LogP contribution in [0.3, 0.4) is 0 Å². The number of esters is 1. The maximum Gasteiger partial charge on any atom is 0.430 e. The fourth-order valence-electron chi connectivity index (χ4n) is 5.10. The molecule has 7 nitrogen and oxygen atoms in total. The number of ether oxygens (including phenoxy) is 1. The van der Waals surface area contributed by atoms with Crippen LogP contribution in [0.4, 0.5) is 26.3 Å². The van der Waals surface area contributed by atoms with Gasteiger partial charge < -0.3 is 15.6 Å². The first-order chi connectivity index (χ1) is 20.3. The molecule has 43 heavy (non-hydrogen) atoms. The van der Waals surface area contributed by atoms with Gasteiger partial charge in [0.2, 0.25) is 0 Å². The Morgan fingerprint density at radius 2 is 1.42 bits per heavy atom. The van der Waals surface area contributed by atoms with Crippen molar-refractivity contribution in [1.82, 2.24) is 14.8 Å². The van der Waals surface area contributed by atoms with E-state index in [1.54, 1.807) is 24.5 Å². The van der Waals surface area contributed by atoms with Crippen molar-refractivity contribution in [3.63, 3.8) is 0 Å². The van der Waals surface area contributed by atoms with E-state index >= 15 is 0 Å². The predicted molar refractivity (Wildman–Crippen MR) is 146 cm³/mol. The minimum Gasteiger partial charge on any atom is -0.464 e. The van der Waals surface area contributed by atoms with E-state index in [1.807, 2.05) is 24.3 Å². The average Bonchev–Trinajstić information content (AvgIpc) is 2.97. The highest BCUT2D eigenvalue weighted by atomic mass is 19.4. The fourth-order valence-corrected chi connectivity index (χ4v) is 5.10. The normalized spacial score (nSPS) is 17.2. The quantitative estimate of drug-likeness (QED) is 0.255. The molecule has 0 radical (unpaired) electrons. The summed E-state index contributed by atoms with van der Waals surface area (Å²) in [5, 5.41) is 9.62.